The third-order valence-electron chi connectivity index (χ3n) is 2.95. The summed E-state index contributed by atoms with van der Waals surface area (Å²) in [6.45, 7) is 4.72. The first kappa shape index (κ1) is 13.2. The van der Waals surface area contributed by atoms with Gasteiger partial charge in [0.15, 0.2) is 0 Å². The summed E-state index contributed by atoms with van der Waals surface area (Å²) >= 11 is 0. The van der Waals surface area contributed by atoms with Crippen molar-refractivity contribution in [2.24, 2.45) is 0 Å². The summed E-state index contributed by atoms with van der Waals surface area (Å²) in [5.74, 6) is -0.374. The summed E-state index contributed by atoms with van der Waals surface area (Å²) in [5.41, 5.74) is 10.3. The second-order valence-electron chi connectivity index (χ2n) is 4.77. The van der Waals surface area contributed by atoms with Gasteiger partial charge in [0, 0.05) is 12.7 Å². The van der Waals surface area contributed by atoms with Gasteiger partial charge in [0.25, 0.3) is 0 Å². The minimum atomic E-state index is -0.374. The van der Waals surface area contributed by atoms with Crippen molar-refractivity contribution >= 4 is 11.7 Å². The zero-order valence-corrected chi connectivity index (χ0v) is 11.4. The number of hydrogen-bond donors (Lipinski definition) is 1. The van der Waals surface area contributed by atoms with Gasteiger partial charge in [0.2, 0.25) is 0 Å². The second kappa shape index (κ2) is 5.18. The molecule has 0 saturated carbocycles. The molecule has 0 fully saturated rings. The summed E-state index contributed by atoms with van der Waals surface area (Å²) in [5, 5.41) is 0. The Bertz CT molecular complexity index is 594. The molecule has 1 aromatic heterocycles. The van der Waals surface area contributed by atoms with E-state index in [-0.39, 0.29) is 5.97 Å². The predicted octanol–water partition coefficient (Wildman–Crippen LogP) is 2.52. The first-order chi connectivity index (χ1) is 8.99. The van der Waals surface area contributed by atoms with E-state index in [4.69, 9.17) is 10.5 Å². The fourth-order valence-corrected chi connectivity index (χ4v) is 2.30. The zero-order chi connectivity index (χ0) is 14.0. The first-order valence-electron chi connectivity index (χ1n) is 6.10. The van der Waals surface area contributed by atoms with Gasteiger partial charge in [-0.05, 0) is 25.5 Å². The zero-order valence-electron chi connectivity index (χ0n) is 11.4. The Morgan fingerprint density at radius 1 is 1.21 bits per heavy atom. The van der Waals surface area contributed by atoms with Gasteiger partial charge in [-0.2, -0.15) is 0 Å². The Morgan fingerprint density at radius 3 is 2.42 bits per heavy atom. The number of nitrogen functional groups attached to an aromatic ring is 1. The van der Waals surface area contributed by atoms with E-state index in [2.05, 4.69) is 32.0 Å². The number of carbonyl (C=O) groups excluding carboxylic acids is 1. The van der Waals surface area contributed by atoms with Crippen molar-refractivity contribution in [1.29, 1.82) is 0 Å². The van der Waals surface area contributed by atoms with Gasteiger partial charge in [-0.1, -0.05) is 29.3 Å². The quantitative estimate of drug-likeness (QED) is 0.861. The van der Waals surface area contributed by atoms with Crippen LogP contribution in [0.2, 0.25) is 0 Å². The Balaban J connectivity index is 2.35. The molecule has 19 heavy (non-hydrogen) atoms. The maximum Gasteiger partial charge on any atom is 0.354 e. The van der Waals surface area contributed by atoms with Gasteiger partial charge in [-0.25, -0.2) is 4.79 Å². The molecule has 0 radical (unpaired) electrons. The van der Waals surface area contributed by atoms with Crippen LogP contribution in [0.15, 0.2) is 30.5 Å². The van der Waals surface area contributed by atoms with Gasteiger partial charge in [0.05, 0.1) is 12.8 Å². The van der Waals surface area contributed by atoms with Gasteiger partial charge in [0.1, 0.15) is 5.69 Å². The number of nitrogens with zero attached hydrogens (tertiary/aromatic N) is 1. The Kier molecular flexibility index (Phi) is 3.60. The van der Waals surface area contributed by atoms with E-state index in [0.717, 1.165) is 5.56 Å². The number of aromatic nitrogens is 1. The molecule has 0 saturated heterocycles. The van der Waals surface area contributed by atoms with Crippen LogP contribution in [0.4, 0.5) is 5.69 Å². The van der Waals surface area contributed by atoms with E-state index in [1.165, 1.54) is 18.2 Å². The molecule has 0 bridgehead atoms. The molecule has 0 aliphatic rings. The molecule has 4 nitrogen and oxygen atoms in total. The Labute approximate surface area is 112 Å². The molecule has 0 aliphatic carbocycles. The lowest BCUT2D eigenvalue weighted by Gasteiger charge is -2.09. The smallest absolute Gasteiger partial charge is 0.354 e. The molecule has 0 spiro atoms. The summed E-state index contributed by atoms with van der Waals surface area (Å²) in [6, 6.07) is 7.96. The molecule has 1 aromatic carbocycles. The van der Waals surface area contributed by atoms with Gasteiger partial charge in [-0.15, -0.1) is 0 Å². The summed E-state index contributed by atoms with van der Waals surface area (Å²) < 4.78 is 6.57. The number of nitrogens with two attached hydrogens (primary N) is 1. The average molecular weight is 258 g/mol. The van der Waals surface area contributed by atoms with E-state index in [0.29, 0.717) is 17.9 Å². The highest BCUT2D eigenvalue weighted by Crippen LogP contribution is 2.16. The summed E-state index contributed by atoms with van der Waals surface area (Å²) in [6.07, 6.45) is 1.75. The van der Waals surface area contributed by atoms with E-state index in [9.17, 15) is 4.79 Å². The number of anilines is 1. The summed E-state index contributed by atoms with van der Waals surface area (Å²) in [4.78, 5) is 11.7. The maximum absolute atomic E-state index is 11.7. The lowest BCUT2D eigenvalue weighted by Crippen LogP contribution is -2.10. The van der Waals surface area contributed by atoms with E-state index < -0.39 is 0 Å². The Morgan fingerprint density at radius 2 is 1.84 bits per heavy atom. The minimum Gasteiger partial charge on any atom is -0.464 e. The van der Waals surface area contributed by atoms with Crippen molar-refractivity contribution < 1.29 is 9.53 Å². The normalized spacial score (nSPS) is 10.5. The molecule has 0 aliphatic heterocycles. The average Bonchev–Trinajstić information content (AvgIpc) is 2.68. The van der Waals surface area contributed by atoms with Crippen LogP contribution in [-0.4, -0.2) is 17.6 Å². The van der Waals surface area contributed by atoms with Crippen LogP contribution < -0.4 is 5.73 Å². The molecule has 2 N–H and O–H groups in total. The SMILES string of the molecule is COC(=O)c1cc(N)cn1Cc1cc(C)cc(C)c1. The lowest BCUT2D eigenvalue weighted by molar-refractivity contribution is 0.0589. The van der Waals surface area contributed by atoms with Crippen LogP contribution in [-0.2, 0) is 11.3 Å². The predicted molar refractivity (Wildman–Crippen MR) is 75.2 cm³/mol. The van der Waals surface area contributed by atoms with E-state index in [1.807, 2.05) is 4.57 Å². The number of hydrogen-bond acceptors (Lipinski definition) is 3. The van der Waals surface area contributed by atoms with Crippen molar-refractivity contribution in [1.82, 2.24) is 4.57 Å². The van der Waals surface area contributed by atoms with Crippen LogP contribution in [0.3, 0.4) is 0 Å². The highest BCUT2D eigenvalue weighted by molar-refractivity contribution is 5.89. The fourth-order valence-electron chi connectivity index (χ4n) is 2.30. The van der Waals surface area contributed by atoms with Gasteiger partial charge in [-0.3, -0.25) is 0 Å². The lowest BCUT2D eigenvalue weighted by atomic mass is 10.1. The van der Waals surface area contributed by atoms with E-state index >= 15 is 0 Å². The number of methoxy groups -OCH3 is 1. The standard InChI is InChI=1S/C15H18N2O2/c1-10-4-11(2)6-12(5-10)8-17-9-13(16)7-14(17)15(18)19-3/h4-7,9H,8,16H2,1-3H3. The van der Waals surface area contributed by atoms with Crippen molar-refractivity contribution in [2.45, 2.75) is 20.4 Å². The highest BCUT2D eigenvalue weighted by Gasteiger charge is 2.13. The largest absolute Gasteiger partial charge is 0.464 e. The highest BCUT2D eigenvalue weighted by atomic mass is 16.5. The number of rotatable bonds is 3. The molecule has 0 unspecified atom stereocenters. The summed E-state index contributed by atoms with van der Waals surface area (Å²) in [7, 11) is 1.37. The van der Waals surface area contributed by atoms with Crippen LogP contribution in [0.25, 0.3) is 0 Å². The van der Waals surface area contributed by atoms with Gasteiger partial charge < -0.3 is 15.0 Å². The number of aryl methyl sites for hydroxylation is 2. The first-order valence-corrected chi connectivity index (χ1v) is 6.10. The minimum absolute atomic E-state index is 0.374. The molecule has 4 heteroatoms. The Hall–Kier alpha value is -2.23. The molecule has 2 aromatic rings. The topological polar surface area (TPSA) is 57.2 Å². The number of esters is 1. The molecule has 100 valence electrons. The molecule has 1 heterocycles. The maximum atomic E-state index is 11.7. The molecule has 0 amide bonds. The second-order valence-corrected chi connectivity index (χ2v) is 4.77. The van der Waals surface area contributed by atoms with Crippen LogP contribution in [0.5, 0.6) is 0 Å². The van der Waals surface area contributed by atoms with Crippen molar-refractivity contribution in [3.05, 3.63) is 52.8 Å². The molecular weight excluding hydrogens is 240 g/mol. The number of ether oxygens (including phenoxy) is 1. The fraction of sp³-hybridized carbons (Fsp3) is 0.267. The molecule has 0 atom stereocenters. The van der Waals surface area contributed by atoms with Gasteiger partial charge >= 0.3 is 5.97 Å². The van der Waals surface area contributed by atoms with Crippen LogP contribution in [0, 0.1) is 13.8 Å². The van der Waals surface area contributed by atoms with Crippen molar-refractivity contribution in [3.63, 3.8) is 0 Å². The third kappa shape index (κ3) is 2.96. The van der Waals surface area contributed by atoms with Crippen molar-refractivity contribution in [3.8, 4) is 0 Å². The van der Waals surface area contributed by atoms with Crippen molar-refractivity contribution in [2.75, 3.05) is 12.8 Å². The molecular formula is C15H18N2O2. The van der Waals surface area contributed by atoms with Crippen LogP contribution in [0.1, 0.15) is 27.2 Å². The van der Waals surface area contributed by atoms with E-state index in [1.54, 1.807) is 12.3 Å². The monoisotopic (exact) mass is 258 g/mol. The third-order valence-corrected chi connectivity index (χ3v) is 2.95. The number of benzene rings is 1. The molecule has 2 rings (SSSR count). The van der Waals surface area contributed by atoms with Crippen LogP contribution >= 0.6 is 0 Å². The number of carbonyl (C=O) groups is 1.